The maximum Gasteiger partial charge on any atom is 0.264 e. The summed E-state index contributed by atoms with van der Waals surface area (Å²) in [6.07, 6.45) is 2.35. The summed E-state index contributed by atoms with van der Waals surface area (Å²) in [6, 6.07) is 8.02. The molecule has 0 aliphatic carbocycles. The Labute approximate surface area is 210 Å². The normalized spacial score (nSPS) is 14.6. The number of nitrogens with zero attached hydrogens (tertiary/aromatic N) is 3. The van der Waals surface area contributed by atoms with E-state index >= 15 is 0 Å². The second-order valence-corrected chi connectivity index (χ2v) is 10.5. The van der Waals surface area contributed by atoms with Crippen molar-refractivity contribution in [1.82, 2.24) is 14.9 Å². The molecule has 0 atom stereocenters. The van der Waals surface area contributed by atoms with E-state index in [1.54, 1.807) is 14.2 Å². The molecule has 0 N–H and O–H groups in total. The zero-order valence-electron chi connectivity index (χ0n) is 21.1. The molecule has 8 heteroatoms. The number of hydrogen-bond acceptors (Lipinski definition) is 7. The standard InChI is InChI=1S/C27H33N3O4S/c1-16(2)14-18-6-8-19(9-7-18)23(31)20-10-12-30(13-11-20)27(32)24-17(3)22-25(34-5)28-21(15-33-4)29-26(22)35-24/h6-9,16,20H,10-15H2,1-5H3. The Kier molecular flexibility index (Phi) is 7.82. The maximum atomic E-state index is 13.4. The van der Waals surface area contributed by atoms with Gasteiger partial charge in [-0.15, -0.1) is 11.3 Å². The Balaban J connectivity index is 1.45. The first-order chi connectivity index (χ1) is 16.8. The number of fused-ring (bicyclic) bond motifs is 1. The predicted octanol–water partition coefficient (Wildman–Crippen LogP) is 5.09. The zero-order valence-corrected chi connectivity index (χ0v) is 21.9. The molecule has 1 aliphatic rings. The second-order valence-electron chi connectivity index (χ2n) is 9.54. The summed E-state index contributed by atoms with van der Waals surface area (Å²) in [7, 11) is 3.15. The van der Waals surface area contributed by atoms with Gasteiger partial charge in [0, 0.05) is 31.7 Å². The van der Waals surface area contributed by atoms with Gasteiger partial charge in [-0.1, -0.05) is 38.1 Å². The van der Waals surface area contributed by atoms with Crippen molar-refractivity contribution in [2.45, 2.75) is 46.6 Å². The molecule has 2 aromatic heterocycles. The van der Waals surface area contributed by atoms with Gasteiger partial charge >= 0.3 is 0 Å². The van der Waals surface area contributed by atoms with Gasteiger partial charge in [0.05, 0.1) is 17.4 Å². The van der Waals surface area contributed by atoms with Crippen LogP contribution in [-0.4, -0.2) is 53.9 Å². The lowest BCUT2D eigenvalue weighted by Gasteiger charge is -2.31. The summed E-state index contributed by atoms with van der Waals surface area (Å²) < 4.78 is 10.6. The average Bonchev–Trinajstić information content (AvgIpc) is 3.19. The highest BCUT2D eigenvalue weighted by molar-refractivity contribution is 7.20. The minimum absolute atomic E-state index is 0.0234. The number of aryl methyl sites for hydroxylation is 1. The summed E-state index contributed by atoms with van der Waals surface area (Å²) in [5.74, 6) is 1.67. The third-order valence-corrected chi connectivity index (χ3v) is 7.67. The van der Waals surface area contributed by atoms with Gasteiger partial charge in [0.25, 0.3) is 5.91 Å². The van der Waals surface area contributed by atoms with E-state index in [0.717, 1.165) is 27.8 Å². The number of likely N-dealkylation sites (tertiary alicyclic amines) is 1. The highest BCUT2D eigenvalue weighted by Crippen LogP contribution is 2.36. The number of Topliss-reactive ketones (excluding diaryl/α,β-unsaturated/α-hetero) is 1. The van der Waals surface area contributed by atoms with Crippen LogP contribution in [0.1, 0.15) is 63.7 Å². The molecule has 0 radical (unpaired) electrons. The van der Waals surface area contributed by atoms with Crippen LogP contribution in [0.2, 0.25) is 0 Å². The van der Waals surface area contributed by atoms with Gasteiger partial charge in [-0.3, -0.25) is 9.59 Å². The number of aromatic nitrogens is 2. The van der Waals surface area contributed by atoms with Crippen LogP contribution in [0.5, 0.6) is 5.88 Å². The molecule has 0 bridgehead atoms. The van der Waals surface area contributed by atoms with Crippen molar-refractivity contribution < 1.29 is 19.1 Å². The molecule has 4 rings (SSSR count). The smallest absolute Gasteiger partial charge is 0.264 e. The molecule has 0 saturated carbocycles. The number of carbonyl (C=O) groups is 2. The summed E-state index contributed by atoms with van der Waals surface area (Å²) in [5, 5.41) is 0.770. The summed E-state index contributed by atoms with van der Waals surface area (Å²) in [5.41, 5.74) is 2.85. The maximum absolute atomic E-state index is 13.4. The minimum atomic E-state index is -0.0546. The van der Waals surface area contributed by atoms with Gasteiger partial charge in [-0.2, -0.15) is 4.98 Å². The van der Waals surface area contributed by atoms with Gasteiger partial charge in [0.15, 0.2) is 11.6 Å². The number of ether oxygens (including phenoxy) is 2. The molecular formula is C27H33N3O4S. The Bertz CT molecular complexity index is 1210. The number of rotatable bonds is 8. The van der Waals surface area contributed by atoms with Crippen molar-refractivity contribution in [3.8, 4) is 5.88 Å². The van der Waals surface area contributed by atoms with Crippen LogP contribution in [0.3, 0.4) is 0 Å². The third kappa shape index (κ3) is 5.38. The number of piperidine rings is 1. The molecule has 35 heavy (non-hydrogen) atoms. The first-order valence-electron chi connectivity index (χ1n) is 12.1. The van der Waals surface area contributed by atoms with E-state index in [4.69, 9.17) is 9.47 Å². The van der Waals surface area contributed by atoms with E-state index in [1.807, 2.05) is 24.0 Å². The molecule has 3 aromatic rings. The SMILES string of the molecule is COCc1nc(OC)c2c(C)c(C(=O)N3CCC(C(=O)c4ccc(CC(C)C)cc4)CC3)sc2n1. The largest absolute Gasteiger partial charge is 0.480 e. The van der Waals surface area contributed by atoms with Gasteiger partial charge < -0.3 is 14.4 Å². The fourth-order valence-electron chi connectivity index (χ4n) is 4.69. The lowest BCUT2D eigenvalue weighted by atomic mass is 9.88. The molecule has 7 nitrogen and oxygen atoms in total. The number of ketones is 1. The van der Waals surface area contributed by atoms with Crippen LogP contribution < -0.4 is 4.74 Å². The number of amides is 1. The van der Waals surface area contributed by atoms with Crippen molar-refractivity contribution in [1.29, 1.82) is 0 Å². The topological polar surface area (TPSA) is 81.6 Å². The third-order valence-electron chi connectivity index (χ3n) is 6.50. The molecule has 1 aliphatic heterocycles. The molecule has 1 saturated heterocycles. The molecule has 1 fully saturated rings. The van der Waals surface area contributed by atoms with Crippen LogP contribution >= 0.6 is 11.3 Å². The summed E-state index contributed by atoms with van der Waals surface area (Å²) >= 11 is 1.36. The van der Waals surface area contributed by atoms with Gasteiger partial charge in [-0.25, -0.2) is 4.98 Å². The number of benzene rings is 1. The van der Waals surface area contributed by atoms with E-state index in [-0.39, 0.29) is 24.2 Å². The number of hydrogen-bond donors (Lipinski definition) is 0. The van der Waals surface area contributed by atoms with E-state index in [2.05, 4.69) is 35.9 Å². The van der Waals surface area contributed by atoms with Gasteiger partial charge in [-0.05, 0) is 43.2 Å². The molecule has 1 amide bonds. The number of carbonyl (C=O) groups excluding carboxylic acids is 2. The van der Waals surface area contributed by atoms with Crippen molar-refractivity contribution >= 4 is 33.2 Å². The monoisotopic (exact) mass is 495 g/mol. The second kappa shape index (κ2) is 10.8. The lowest BCUT2D eigenvalue weighted by molar-refractivity contribution is 0.0654. The average molecular weight is 496 g/mol. The van der Waals surface area contributed by atoms with Crippen LogP contribution in [0.25, 0.3) is 10.2 Å². The fraction of sp³-hybridized carbons (Fsp3) is 0.481. The van der Waals surface area contributed by atoms with E-state index < -0.39 is 0 Å². The van der Waals surface area contributed by atoms with Crippen LogP contribution in [0, 0.1) is 18.8 Å². The van der Waals surface area contributed by atoms with Crippen LogP contribution in [0.15, 0.2) is 24.3 Å². The van der Waals surface area contributed by atoms with Gasteiger partial charge in [0.2, 0.25) is 5.88 Å². The molecule has 0 spiro atoms. The predicted molar refractivity (Wildman–Crippen MR) is 137 cm³/mol. The van der Waals surface area contributed by atoms with Crippen molar-refractivity contribution in [3.63, 3.8) is 0 Å². The summed E-state index contributed by atoms with van der Waals surface area (Å²) in [4.78, 5) is 38.7. The first-order valence-corrected chi connectivity index (χ1v) is 12.9. The zero-order chi connectivity index (χ0) is 25.1. The molecular weight excluding hydrogens is 462 g/mol. The number of thiophene rings is 1. The Morgan fingerprint density at radius 2 is 1.80 bits per heavy atom. The summed E-state index contributed by atoms with van der Waals surface area (Å²) in [6.45, 7) is 7.69. The van der Waals surface area contributed by atoms with Crippen LogP contribution in [0.4, 0.5) is 0 Å². The first kappa shape index (κ1) is 25.3. The Hall–Kier alpha value is -2.84. The molecule has 186 valence electrons. The van der Waals surface area contributed by atoms with Crippen molar-refractivity contribution in [2.24, 2.45) is 11.8 Å². The Morgan fingerprint density at radius 1 is 1.11 bits per heavy atom. The fourth-order valence-corrected chi connectivity index (χ4v) is 5.85. The molecule has 0 unspecified atom stereocenters. The van der Waals surface area contributed by atoms with Crippen molar-refractivity contribution in [3.05, 3.63) is 51.7 Å². The van der Waals surface area contributed by atoms with Gasteiger partial charge in [0.1, 0.15) is 11.4 Å². The lowest BCUT2D eigenvalue weighted by Crippen LogP contribution is -2.40. The van der Waals surface area contributed by atoms with Crippen molar-refractivity contribution in [2.75, 3.05) is 27.3 Å². The molecule has 3 heterocycles. The highest BCUT2D eigenvalue weighted by Gasteiger charge is 2.31. The van der Waals surface area contributed by atoms with Crippen LogP contribution in [-0.2, 0) is 17.8 Å². The van der Waals surface area contributed by atoms with E-state index in [1.165, 1.54) is 16.9 Å². The highest BCUT2D eigenvalue weighted by atomic mass is 32.1. The minimum Gasteiger partial charge on any atom is -0.480 e. The Morgan fingerprint density at radius 3 is 2.40 bits per heavy atom. The number of methoxy groups -OCH3 is 2. The molecule has 1 aromatic carbocycles. The quantitative estimate of drug-likeness (QED) is 0.405. The van der Waals surface area contributed by atoms with E-state index in [0.29, 0.717) is 48.4 Å². The van der Waals surface area contributed by atoms with E-state index in [9.17, 15) is 9.59 Å².